The van der Waals surface area contributed by atoms with Gasteiger partial charge in [0.2, 0.25) is 0 Å². The van der Waals surface area contributed by atoms with Gasteiger partial charge in [0.1, 0.15) is 6.54 Å². The van der Waals surface area contributed by atoms with Crippen LogP contribution in [0.25, 0.3) is 0 Å². The number of rotatable bonds is 6. The van der Waals surface area contributed by atoms with Crippen molar-refractivity contribution < 1.29 is 24.2 Å². The molecule has 3 rings (SSSR count). The lowest BCUT2D eigenvalue weighted by Crippen LogP contribution is -2.44. The van der Waals surface area contributed by atoms with E-state index in [-0.39, 0.29) is 18.9 Å². The maximum absolute atomic E-state index is 12.9. The predicted octanol–water partition coefficient (Wildman–Crippen LogP) is 2.06. The molecule has 1 unspecified atom stereocenters. The molecule has 0 fully saturated rings. The van der Waals surface area contributed by atoms with Crippen LogP contribution in [-0.4, -0.2) is 35.9 Å². The SMILES string of the molecule is CCOC(=O)CN1C(=O)C(O)(CC(=O)c2ccccc2)c2ccccc21. The Balaban J connectivity index is 1.93. The Morgan fingerprint density at radius 1 is 1.08 bits per heavy atom. The zero-order valence-corrected chi connectivity index (χ0v) is 14.3. The van der Waals surface area contributed by atoms with Gasteiger partial charge in [-0.05, 0) is 13.0 Å². The summed E-state index contributed by atoms with van der Waals surface area (Å²) in [6.45, 7) is 1.55. The fraction of sp³-hybridized carbons (Fsp3) is 0.250. The molecule has 0 aliphatic carbocycles. The van der Waals surface area contributed by atoms with Crippen LogP contribution in [0.5, 0.6) is 0 Å². The largest absolute Gasteiger partial charge is 0.465 e. The molecule has 2 aromatic rings. The molecule has 6 heteroatoms. The number of nitrogens with zero attached hydrogens (tertiary/aromatic N) is 1. The number of hydrogen-bond donors (Lipinski definition) is 1. The molecule has 0 saturated carbocycles. The third-order valence-corrected chi connectivity index (χ3v) is 4.34. The minimum Gasteiger partial charge on any atom is -0.465 e. The van der Waals surface area contributed by atoms with Gasteiger partial charge < -0.3 is 9.84 Å². The molecule has 2 aromatic carbocycles. The fourth-order valence-electron chi connectivity index (χ4n) is 3.13. The summed E-state index contributed by atoms with van der Waals surface area (Å²) in [5.41, 5.74) is -0.863. The summed E-state index contributed by atoms with van der Waals surface area (Å²) in [4.78, 5) is 38.5. The molecule has 1 amide bonds. The average Bonchev–Trinajstić information content (AvgIpc) is 2.85. The molecular formula is C20H19NO5. The van der Waals surface area contributed by atoms with Crippen molar-refractivity contribution in [1.82, 2.24) is 0 Å². The molecule has 6 nitrogen and oxygen atoms in total. The lowest BCUT2D eigenvalue weighted by Gasteiger charge is -2.22. The van der Waals surface area contributed by atoms with E-state index in [4.69, 9.17) is 4.74 Å². The first-order chi connectivity index (χ1) is 12.5. The molecule has 0 radical (unpaired) electrons. The van der Waals surface area contributed by atoms with E-state index >= 15 is 0 Å². The molecule has 1 atom stereocenters. The Labute approximate surface area is 151 Å². The van der Waals surface area contributed by atoms with E-state index in [0.29, 0.717) is 16.8 Å². The fourth-order valence-corrected chi connectivity index (χ4v) is 3.13. The van der Waals surface area contributed by atoms with Crippen LogP contribution in [-0.2, 0) is 19.9 Å². The number of ketones is 1. The molecule has 0 aromatic heterocycles. The highest BCUT2D eigenvalue weighted by Gasteiger charge is 2.51. The Morgan fingerprint density at radius 3 is 2.42 bits per heavy atom. The van der Waals surface area contributed by atoms with Crippen molar-refractivity contribution in [2.24, 2.45) is 0 Å². The zero-order valence-electron chi connectivity index (χ0n) is 14.3. The number of amides is 1. The number of benzene rings is 2. The monoisotopic (exact) mass is 353 g/mol. The molecular weight excluding hydrogens is 334 g/mol. The maximum Gasteiger partial charge on any atom is 0.326 e. The number of para-hydroxylation sites is 1. The Kier molecular flexibility index (Phi) is 4.86. The summed E-state index contributed by atoms with van der Waals surface area (Å²) in [6.07, 6.45) is -0.397. The third-order valence-electron chi connectivity index (χ3n) is 4.34. The maximum atomic E-state index is 12.9. The molecule has 1 aliphatic rings. The van der Waals surface area contributed by atoms with Gasteiger partial charge in [0.25, 0.3) is 5.91 Å². The first-order valence-electron chi connectivity index (χ1n) is 8.35. The standard InChI is InChI=1S/C20H19NO5/c1-2-26-18(23)13-21-16-11-7-6-10-15(16)20(25,19(21)24)12-17(22)14-8-4-3-5-9-14/h3-11,25H,2,12-13H2,1H3. The van der Waals surface area contributed by atoms with Crippen molar-refractivity contribution in [2.45, 2.75) is 18.9 Å². The molecule has 1 N–H and O–H groups in total. The van der Waals surface area contributed by atoms with Crippen LogP contribution in [0.4, 0.5) is 5.69 Å². The van der Waals surface area contributed by atoms with Gasteiger partial charge in [0.05, 0.1) is 18.7 Å². The summed E-state index contributed by atoms with van der Waals surface area (Å²) < 4.78 is 4.90. The Bertz CT molecular complexity index is 848. The van der Waals surface area contributed by atoms with Gasteiger partial charge in [-0.2, -0.15) is 0 Å². The average molecular weight is 353 g/mol. The number of fused-ring (bicyclic) bond motifs is 1. The molecule has 0 spiro atoms. The zero-order chi connectivity index (χ0) is 18.7. The molecule has 0 saturated heterocycles. The summed E-state index contributed by atoms with van der Waals surface area (Å²) >= 11 is 0. The van der Waals surface area contributed by atoms with Gasteiger partial charge >= 0.3 is 5.97 Å². The van der Waals surface area contributed by atoms with Gasteiger partial charge in [0.15, 0.2) is 11.4 Å². The topological polar surface area (TPSA) is 83.9 Å². The quantitative estimate of drug-likeness (QED) is 0.635. The van der Waals surface area contributed by atoms with Gasteiger partial charge in [0, 0.05) is 11.1 Å². The van der Waals surface area contributed by atoms with Crippen molar-refractivity contribution in [3.63, 3.8) is 0 Å². The van der Waals surface area contributed by atoms with Crippen molar-refractivity contribution in [3.8, 4) is 0 Å². The minimum atomic E-state index is -2.00. The summed E-state index contributed by atoms with van der Waals surface area (Å²) in [7, 11) is 0. The molecule has 134 valence electrons. The van der Waals surface area contributed by atoms with Crippen LogP contribution in [0.2, 0.25) is 0 Å². The van der Waals surface area contributed by atoms with Gasteiger partial charge in [-0.1, -0.05) is 48.5 Å². The minimum absolute atomic E-state index is 0.194. The molecule has 0 bridgehead atoms. The molecule has 1 aliphatic heterocycles. The number of anilines is 1. The second-order valence-electron chi connectivity index (χ2n) is 6.04. The van der Waals surface area contributed by atoms with Crippen molar-refractivity contribution in [3.05, 3.63) is 65.7 Å². The van der Waals surface area contributed by atoms with E-state index in [2.05, 4.69) is 0 Å². The van der Waals surface area contributed by atoms with E-state index in [1.54, 1.807) is 61.5 Å². The summed E-state index contributed by atoms with van der Waals surface area (Å²) in [6, 6.07) is 15.1. The smallest absolute Gasteiger partial charge is 0.326 e. The number of hydrogen-bond acceptors (Lipinski definition) is 5. The number of carbonyl (C=O) groups excluding carboxylic acids is 3. The van der Waals surface area contributed by atoms with Crippen LogP contribution in [0.3, 0.4) is 0 Å². The molecule has 1 heterocycles. The number of Topliss-reactive ketones (excluding diaryl/α,β-unsaturated/α-hetero) is 1. The van der Waals surface area contributed by atoms with Gasteiger partial charge in [-0.25, -0.2) is 0 Å². The highest BCUT2D eigenvalue weighted by molar-refractivity contribution is 6.12. The number of ether oxygens (including phenoxy) is 1. The second kappa shape index (κ2) is 7.09. The number of esters is 1. The Morgan fingerprint density at radius 2 is 1.73 bits per heavy atom. The summed E-state index contributed by atoms with van der Waals surface area (Å²) in [5, 5.41) is 11.1. The van der Waals surface area contributed by atoms with Crippen LogP contribution in [0.1, 0.15) is 29.3 Å². The number of aliphatic hydroxyl groups is 1. The second-order valence-corrected chi connectivity index (χ2v) is 6.04. The first kappa shape index (κ1) is 17.8. The van der Waals surface area contributed by atoms with E-state index in [0.717, 1.165) is 0 Å². The van der Waals surface area contributed by atoms with Crippen LogP contribution < -0.4 is 4.90 Å². The van der Waals surface area contributed by atoms with E-state index < -0.39 is 23.9 Å². The van der Waals surface area contributed by atoms with E-state index in [1.165, 1.54) is 4.90 Å². The van der Waals surface area contributed by atoms with Crippen molar-refractivity contribution >= 4 is 23.3 Å². The van der Waals surface area contributed by atoms with Crippen molar-refractivity contribution in [2.75, 3.05) is 18.1 Å². The van der Waals surface area contributed by atoms with Gasteiger partial charge in [-0.15, -0.1) is 0 Å². The number of carbonyl (C=O) groups is 3. The van der Waals surface area contributed by atoms with Crippen LogP contribution in [0.15, 0.2) is 54.6 Å². The highest BCUT2D eigenvalue weighted by Crippen LogP contribution is 2.42. The highest BCUT2D eigenvalue weighted by atomic mass is 16.5. The lowest BCUT2D eigenvalue weighted by atomic mass is 9.88. The summed E-state index contributed by atoms with van der Waals surface area (Å²) in [5.74, 6) is -1.63. The van der Waals surface area contributed by atoms with Crippen LogP contribution in [0, 0.1) is 0 Å². The van der Waals surface area contributed by atoms with E-state index in [1.807, 2.05) is 0 Å². The first-order valence-corrected chi connectivity index (χ1v) is 8.35. The predicted molar refractivity (Wildman–Crippen MR) is 94.7 cm³/mol. The van der Waals surface area contributed by atoms with Crippen LogP contribution >= 0.6 is 0 Å². The molecule has 26 heavy (non-hydrogen) atoms. The third kappa shape index (κ3) is 3.11. The normalized spacial score (nSPS) is 18.5. The Hall–Kier alpha value is -2.99. The van der Waals surface area contributed by atoms with Crippen molar-refractivity contribution in [1.29, 1.82) is 0 Å². The van der Waals surface area contributed by atoms with Gasteiger partial charge in [-0.3, -0.25) is 19.3 Å². The van der Waals surface area contributed by atoms with E-state index in [9.17, 15) is 19.5 Å². The lowest BCUT2D eigenvalue weighted by molar-refractivity contribution is -0.144.